The average molecular weight is 384 g/mol. The van der Waals surface area contributed by atoms with E-state index in [-0.39, 0.29) is 12.5 Å². The van der Waals surface area contributed by atoms with E-state index in [2.05, 4.69) is 56.6 Å². The number of hydrogen-bond donors (Lipinski definition) is 0. The minimum Gasteiger partial charge on any atom is -0.343 e. The van der Waals surface area contributed by atoms with Gasteiger partial charge in [0.05, 0.1) is 6.54 Å². The highest BCUT2D eigenvalue weighted by molar-refractivity contribution is 5.75. The Labute approximate surface area is 166 Å². The van der Waals surface area contributed by atoms with Crippen molar-refractivity contribution >= 4 is 5.91 Å². The van der Waals surface area contributed by atoms with E-state index in [1.54, 1.807) is 4.68 Å². The molecule has 4 rings (SSSR count). The van der Waals surface area contributed by atoms with Crippen LogP contribution in [0.5, 0.6) is 0 Å². The van der Waals surface area contributed by atoms with Gasteiger partial charge in [0, 0.05) is 26.2 Å². The number of fused-ring (bicyclic) bond motifs is 1. The third kappa shape index (κ3) is 4.23. The van der Waals surface area contributed by atoms with Crippen LogP contribution in [0.2, 0.25) is 0 Å². The van der Waals surface area contributed by atoms with Crippen molar-refractivity contribution in [2.24, 2.45) is 0 Å². The molecule has 1 saturated heterocycles. The molecule has 0 radical (unpaired) electrons. The van der Waals surface area contributed by atoms with Crippen molar-refractivity contribution in [2.75, 3.05) is 33.7 Å². The third-order valence-electron chi connectivity index (χ3n) is 5.98. The number of amides is 1. The number of benzene rings is 1. The fourth-order valence-corrected chi connectivity index (χ4v) is 4.19. The second-order valence-corrected chi connectivity index (χ2v) is 8.05. The first kappa shape index (κ1) is 19.0. The summed E-state index contributed by atoms with van der Waals surface area (Å²) in [5, 5.41) is 12.0. The van der Waals surface area contributed by atoms with Crippen LogP contribution in [0.1, 0.15) is 29.8 Å². The monoisotopic (exact) mass is 383 g/mol. The van der Waals surface area contributed by atoms with Crippen LogP contribution in [0, 0.1) is 0 Å². The van der Waals surface area contributed by atoms with Crippen molar-refractivity contribution in [1.82, 2.24) is 34.9 Å². The largest absolute Gasteiger partial charge is 0.343 e. The fraction of sp³-hybridized carbons (Fsp3) is 0.600. The molecule has 150 valence electrons. The highest BCUT2D eigenvalue weighted by Crippen LogP contribution is 2.22. The van der Waals surface area contributed by atoms with E-state index in [0.29, 0.717) is 19.1 Å². The van der Waals surface area contributed by atoms with Crippen molar-refractivity contribution in [1.29, 1.82) is 0 Å². The number of rotatable bonds is 6. The molecule has 1 amide bonds. The molecule has 0 aliphatic carbocycles. The molecule has 2 aliphatic rings. The van der Waals surface area contributed by atoms with E-state index in [1.165, 1.54) is 24.0 Å². The number of carbonyl (C=O) groups excluding carboxylic acids is 1. The zero-order valence-corrected chi connectivity index (χ0v) is 16.8. The summed E-state index contributed by atoms with van der Waals surface area (Å²) in [6.07, 6.45) is 3.41. The van der Waals surface area contributed by atoms with Crippen LogP contribution in [0.25, 0.3) is 0 Å². The normalized spacial score (nSPS) is 20.3. The van der Waals surface area contributed by atoms with Gasteiger partial charge in [-0.1, -0.05) is 24.3 Å². The van der Waals surface area contributed by atoms with Gasteiger partial charge >= 0.3 is 0 Å². The van der Waals surface area contributed by atoms with E-state index in [0.717, 1.165) is 31.9 Å². The van der Waals surface area contributed by atoms with Gasteiger partial charge in [0.2, 0.25) is 5.91 Å². The van der Waals surface area contributed by atoms with Gasteiger partial charge in [-0.05, 0) is 61.0 Å². The standard InChI is InChI=1S/C20H29N7O/c1-24-12-17-8-4-3-7-16(17)11-18(24)13-25(2)20(28)15-27-19(21-22-23-27)14-26-9-5-6-10-26/h3-4,7-8,18H,5-6,9-15H2,1-2H3/t18-/m0/s1. The van der Waals surface area contributed by atoms with Crippen molar-refractivity contribution in [2.45, 2.75) is 44.9 Å². The smallest absolute Gasteiger partial charge is 0.244 e. The average Bonchev–Trinajstić information content (AvgIpc) is 3.35. The van der Waals surface area contributed by atoms with Gasteiger partial charge in [-0.15, -0.1) is 5.10 Å². The summed E-state index contributed by atoms with van der Waals surface area (Å²) in [7, 11) is 4.01. The fourth-order valence-electron chi connectivity index (χ4n) is 4.19. The summed E-state index contributed by atoms with van der Waals surface area (Å²) >= 11 is 0. The Morgan fingerprint density at radius 1 is 1.21 bits per heavy atom. The van der Waals surface area contributed by atoms with Crippen molar-refractivity contribution in [3.63, 3.8) is 0 Å². The number of hydrogen-bond acceptors (Lipinski definition) is 6. The third-order valence-corrected chi connectivity index (χ3v) is 5.98. The van der Waals surface area contributed by atoms with E-state index in [9.17, 15) is 4.79 Å². The van der Waals surface area contributed by atoms with Crippen molar-refractivity contribution < 1.29 is 4.79 Å². The van der Waals surface area contributed by atoms with Gasteiger partial charge in [0.15, 0.2) is 5.82 Å². The van der Waals surface area contributed by atoms with Gasteiger partial charge < -0.3 is 4.90 Å². The van der Waals surface area contributed by atoms with Crippen molar-refractivity contribution in [3.8, 4) is 0 Å². The number of nitrogens with zero attached hydrogens (tertiary/aromatic N) is 7. The van der Waals surface area contributed by atoms with Crippen molar-refractivity contribution in [3.05, 3.63) is 41.2 Å². The van der Waals surface area contributed by atoms with Gasteiger partial charge in [0.1, 0.15) is 6.54 Å². The molecule has 1 aromatic heterocycles. The molecule has 2 aliphatic heterocycles. The molecule has 3 heterocycles. The summed E-state index contributed by atoms with van der Waals surface area (Å²) in [4.78, 5) is 19.3. The Balaban J connectivity index is 1.35. The number of tetrazole rings is 1. The van der Waals surface area contributed by atoms with Gasteiger partial charge in [0.25, 0.3) is 0 Å². The summed E-state index contributed by atoms with van der Waals surface area (Å²) in [6.45, 7) is 4.70. The lowest BCUT2D eigenvalue weighted by molar-refractivity contribution is -0.131. The Kier molecular flexibility index (Phi) is 5.68. The van der Waals surface area contributed by atoms with E-state index >= 15 is 0 Å². The lowest BCUT2D eigenvalue weighted by atomic mass is 9.94. The SMILES string of the molecule is CN(C[C@@H]1Cc2ccccc2CN1C)C(=O)Cn1nnnc1CN1CCCC1. The van der Waals surface area contributed by atoms with Gasteiger partial charge in [-0.3, -0.25) is 14.6 Å². The van der Waals surface area contributed by atoms with E-state index < -0.39 is 0 Å². The summed E-state index contributed by atoms with van der Waals surface area (Å²) < 4.78 is 1.65. The molecular formula is C20H29N7O. The number of carbonyl (C=O) groups is 1. The zero-order chi connectivity index (χ0) is 19.5. The van der Waals surface area contributed by atoms with Crippen LogP contribution in [-0.4, -0.2) is 80.6 Å². The van der Waals surface area contributed by atoms with Gasteiger partial charge in [-0.2, -0.15) is 0 Å². The molecule has 0 spiro atoms. The second-order valence-electron chi connectivity index (χ2n) is 8.05. The maximum Gasteiger partial charge on any atom is 0.244 e. The second kappa shape index (κ2) is 8.36. The van der Waals surface area contributed by atoms with Crippen LogP contribution >= 0.6 is 0 Å². The number of likely N-dealkylation sites (N-methyl/N-ethyl adjacent to an activating group) is 2. The first-order chi connectivity index (χ1) is 13.6. The lowest BCUT2D eigenvalue weighted by Gasteiger charge is -2.36. The molecule has 1 atom stereocenters. The molecular weight excluding hydrogens is 354 g/mol. The van der Waals surface area contributed by atoms with Gasteiger partial charge in [-0.25, -0.2) is 4.68 Å². The first-order valence-corrected chi connectivity index (χ1v) is 10.1. The minimum absolute atomic E-state index is 0.0437. The molecule has 0 N–H and O–H groups in total. The Morgan fingerprint density at radius 2 is 1.96 bits per heavy atom. The highest BCUT2D eigenvalue weighted by atomic mass is 16.2. The van der Waals surface area contributed by atoms with Crippen LogP contribution in [0.15, 0.2) is 24.3 Å². The van der Waals surface area contributed by atoms with Crippen LogP contribution in [-0.2, 0) is 30.8 Å². The molecule has 0 unspecified atom stereocenters. The van der Waals surface area contributed by atoms with E-state index in [4.69, 9.17) is 0 Å². The number of likely N-dealkylation sites (tertiary alicyclic amines) is 1. The molecule has 1 fully saturated rings. The first-order valence-electron chi connectivity index (χ1n) is 10.1. The topological polar surface area (TPSA) is 70.4 Å². The predicted molar refractivity (Wildman–Crippen MR) is 105 cm³/mol. The Morgan fingerprint density at radius 3 is 2.75 bits per heavy atom. The van der Waals surface area contributed by atoms with Crippen LogP contribution < -0.4 is 0 Å². The molecule has 1 aromatic carbocycles. The molecule has 28 heavy (non-hydrogen) atoms. The molecule has 0 bridgehead atoms. The zero-order valence-electron chi connectivity index (χ0n) is 16.8. The lowest BCUT2D eigenvalue weighted by Crippen LogP contribution is -2.46. The summed E-state index contributed by atoms with van der Waals surface area (Å²) in [5.41, 5.74) is 2.77. The quantitative estimate of drug-likeness (QED) is 0.734. The Bertz CT molecular complexity index is 814. The molecule has 8 heteroatoms. The minimum atomic E-state index is 0.0437. The summed E-state index contributed by atoms with van der Waals surface area (Å²) in [6, 6.07) is 8.89. The summed E-state index contributed by atoms with van der Waals surface area (Å²) in [5.74, 6) is 0.814. The molecule has 8 nitrogen and oxygen atoms in total. The Hall–Kier alpha value is -2.32. The molecule has 0 saturated carbocycles. The maximum absolute atomic E-state index is 12.8. The molecule has 2 aromatic rings. The van der Waals surface area contributed by atoms with Crippen LogP contribution in [0.3, 0.4) is 0 Å². The number of aromatic nitrogens is 4. The maximum atomic E-state index is 12.8. The predicted octanol–water partition coefficient (Wildman–Crippen LogP) is 0.784. The highest BCUT2D eigenvalue weighted by Gasteiger charge is 2.26. The van der Waals surface area contributed by atoms with E-state index in [1.807, 2.05) is 11.9 Å². The van der Waals surface area contributed by atoms with Crippen LogP contribution in [0.4, 0.5) is 0 Å².